The van der Waals surface area contributed by atoms with Crippen LogP contribution in [0.15, 0.2) is 54.6 Å². The fourth-order valence-electron chi connectivity index (χ4n) is 1.49. The summed E-state index contributed by atoms with van der Waals surface area (Å²) in [5.74, 6) is 7.03. The van der Waals surface area contributed by atoms with Crippen molar-refractivity contribution >= 4 is 0 Å². The van der Waals surface area contributed by atoms with Crippen molar-refractivity contribution in [1.29, 1.82) is 0 Å². The van der Waals surface area contributed by atoms with Crippen molar-refractivity contribution in [3.63, 3.8) is 0 Å². The molecule has 2 rings (SSSR count). The van der Waals surface area contributed by atoms with Crippen LogP contribution >= 0.6 is 0 Å². The van der Waals surface area contributed by atoms with E-state index in [9.17, 15) is 0 Å². The molecule has 0 aliphatic heterocycles. The third-order valence-corrected chi connectivity index (χ3v) is 2.49. The normalized spacial score (nSPS) is 9.53. The van der Waals surface area contributed by atoms with Crippen molar-refractivity contribution in [3.05, 3.63) is 65.7 Å². The summed E-state index contributed by atoms with van der Waals surface area (Å²) in [5, 5.41) is 0. The lowest BCUT2D eigenvalue weighted by Gasteiger charge is -2.05. The Morgan fingerprint density at radius 3 is 2.11 bits per heavy atom. The standard InChI is InChI=1S/C17H16O2/c1-2-18-14-19-17-12-10-16(11-13-17)9-8-15-6-4-3-5-7-15/h3-7,10-13H,2,14H2,1H3. The molecule has 0 radical (unpaired) electrons. The van der Waals surface area contributed by atoms with E-state index in [1.54, 1.807) is 0 Å². The van der Waals surface area contributed by atoms with Gasteiger partial charge in [-0.15, -0.1) is 0 Å². The molecule has 0 heterocycles. The fraction of sp³-hybridized carbons (Fsp3) is 0.176. The zero-order valence-electron chi connectivity index (χ0n) is 10.9. The molecule has 0 aliphatic rings. The summed E-state index contributed by atoms with van der Waals surface area (Å²) >= 11 is 0. The molecular formula is C17H16O2. The maximum absolute atomic E-state index is 5.39. The zero-order valence-corrected chi connectivity index (χ0v) is 10.9. The van der Waals surface area contributed by atoms with Gasteiger partial charge >= 0.3 is 0 Å². The van der Waals surface area contributed by atoms with Gasteiger partial charge in [0.15, 0.2) is 6.79 Å². The Morgan fingerprint density at radius 1 is 0.842 bits per heavy atom. The average molecular weight is 252 g/mol. The molecule has 19 heavy (non-hydrogen) atoms. The second-order valence-corrected chi connectivity index (χ2v) is 3.90. The van der Waals surface area contributed by atoms with Gasteiger partial charge in [-0.1, -0.05) is 30.0 Å². The Bertz CT molecular complexity index is 547. The van der Waals surface area contributed by atoms with E-state index in [2.05, 4.69) is 11.8 Å². The summed E-state index contributed by atoms with van der Waals surface area (Å²) in [6.45, 7) is 2.87. The largest absolute Gasteiger partial charge is 0.468 e. The van der Waals surface area contributed by atoms with Crippen LogP contribution in [-0.4, -0.2) is 13.4 Å². The molecule has 0 saturated heterocycles. The molecular weight excluding hydrogens is 236 g/mol. The van der Waals surface area contributed by atoms with E-state index >= 15 is 0 Å². The molecule has 0 spiro atoms. The van der Waals surface area contributed by atoms with Crippen LogP contribution in [0.1, 0.15) is 18.1 Å². The van der Waals surface area contributed by atoms with Gasteiger partial charge in [-0.3, -0.25) is 0 Å². The molecule has 0 amide bonds. The molecule has 0 fully saturated rings. The lowest BCUT2D eigenvalue weighted by molar-refractivity contribution is 0.0224. The number of benzene rings is 2. The van der Waals surface area contributed by atoms with Crippen LogP contribution in [0.4, 0.5) is 0 Å². The van der Waals surface area contributed by atoms with E-state index in [1.807, 2.05) is 61.5 Å². The van der Waals surface area contributed by atoms with Crippen LogP contribution in [0.25, 0.3) is 0 Å². The van der Waals surface area contributed by atoms with E-state index in [0.29, 0.717) is 6.61 Å². The Balaban J connectivity index is 1.97. The molecule has 96 valence electrons. The predicted octanol–water partition coefficient (Wildman–Crippen LogP) is 3.46. The van der Waals surface area contributed by atoms with Gasteiger partial charge in [-0.05, 0) is 43.3 Å². The molecule has 0 unspecified atom stereocenters. The molecule has 2 nitrogen and oxygen atoms in total. The van der Waals surface area contributed by atoms with Crippen LogP contribution in [0.5, 0.6) is 5.75 Å². The first-order valence-corrected chi connectivity index (χ1v) is 6.26. The summed E-state index contributed by atoms with van der Waals surface area (Å²) < 4.78 is 10.5. The monoisotopic (exact) mass is 252 g/mol. The summed E-state index contributed by atoms with van der Waals surface area (Å²) in [6.07, 6.45) is 0. The number of hydrogen-bond acceptors (Lipinski definition) is 2. The SMILES string of the molecule is CCOCOc1ccc(C#Cc2ccccc2)cc1. The maximum Gasteiger partial charge on any atom is 0.189 e. The van der Waals surface area contributed by atoms with Crippen LogP contribution in [0, 0.1) is 11.8 Å². The second-order valence-electron chi connectivity index (χ2n) is 3.90. The highest BCUT2D eigenvalue weighted by atomic mass is 16.7. The summed E-state index contributed by atoms with van der Waals surface area (Å²) in [7, 11) is 0. The van der Waals surface area contributed by atoms with Gasteiger partial charge in [0.1, 0.15) is 5.75 Å². The van der Waals surface area contributed by atoms with Crippen molar-refractivity contribution in [1.82, 2.24) is 0 Å². The Morgan fingerprint density at radius 2 is 1.47 bits per heavy atom. The molecule has 2 aromatic rings. The summed E-state index contributed by atoms with van der Waals surface area (Å²) in [4.78, 5) is 0. The van der Waals surface area contributed by atoms with E-state index in [4.69, 9.17) is 9.47 Å². The first-order chi connectivity index (χ1) is 9.38. The van der Waals surface area contributed by atoms with Crippen molar-refractivity contribution < 1.29 is 9.47 Å². The first kappa shape index (κ1) is 13.2. The third-order valence-electron chi connectivity index (χ3n) is 2.49. The minimum absolute atomic E-state index is 0.283. The topological polar surface area (TPSA) is 18.5 Å². The van der Waals surface area contributed by atoms with E-state index in [1.165, 1.54) is 0 Å². The minimum Gasteiger partial charge on any atom is -0.468 e. The van der Waals surface area contributed by atoms with E-state index in [-0.39, 0.29) is 6.79 Å². The highest BCUT2D eigenvalue weighted by molar-refractivity contribution is 5.44. The molecule has 2 heteroatoms. The molecule has 2 aromatic carbocycles. The second kappa shape index (κ2) is 7.25. The lowest BCUT2D eigenvalue weighted by Crippen LogP contribution is -2.01. The van der Waals surface area contributed by atoms with Crippen LogP contribution in [0.2, 0.25) is 0 Å². The predicted molar refractivity (Wildman–Crippen MR) is 76.0 cm³/mol. The molecule has 0 saturated carbocycles. The highest BCUT2D eigenvalue weighted by Gasteiger charge is 1.93. The third kappa shape index (κ3) is 4.50. The minimum atomic E-state index is 0.283. The van der Waals surface area contributed by atoms with Crippen LogP contribution in [-0.2, 0) is 4.74 Å². The molecule has 0 aromatic heterocycles. The van der Waals surface area contributed by atoms with Gasteiger partial charge in [0.05, 0.1) is 0 Å². The maximum atomic E-state index is 5.39. The highest BCUT2D eigenvalue weighted by Crippen LogP contribution is 2.11. The lowest BCUT2D eigenvalue weighted by atomic mass is 10.2. The van der Waals surface area contributed by atoms with Crippen LogP contribution in [0.3, 0.4) is 0 Å². The van der Waals surface area contributed by atoms with Crippen molar-refractivity contribution in [2.45, 2.75) is 6.92 Å². The zero-order chi connectivity index (χ0) is 13.3. The average Bonchev–Trinajstić information content (AvgIpc) is 2.48. The van der Waals surface area contributed by atoms with Gasteiger partial charge in [0, 0.05) is 17.7 Å². The molecule has 0 aliphatic carbocycles. The summed E-state index contributed by atoms with van der Waals surface area (Å²) in [6, 6.07) is 17.6. The van der Waals surface area contributed by atoms with Gasteiger partial charge in [-0.2, -0.15) is 0 Å². The van der Waals surface area contributed by atoms with E-state index in [0.717, 1.165) is 16.9 Å². The van der Waals surface area contributed by atoms with Gasteiger partial charge in [0.25, 0.3) is 0 Å². The van der Waals surface area contributed by atoms with Gasteiger partial charge in [-0.25, -0.2) is 0 Å². The smallest absolute Gasteiger partial charge is 0.189 e. The van der Waals surface area contributed by atoms with Gasteiger partial charge < -0.3 is 9.47 Å². The molecule has 0 bridgehead atoms. The molecule has 0 atom stereocenters. The van der Waals surface area contributed by atoms with Crippen molar-refractivity contribution in [3.8, 4) is 17.6 Å². The van der Waals surface area contributed by atoms with Gasteiger partial charge in [0.2, 0.25) is 0 Å². The first-order valence-electron chi connectivity index (χ1n) is 6.26. The number of ether oxygens (including phenoxy) is 2. The fourth-order valence-corrected chi connectivity index (χ4v) is 1.49. The number of hydrogen-bond donors (Lipinski definition) is 0. The summed E-state index contributed by atoms with van der Waals surface area (Å²) in [5.41, 5.74) is 1.98. The molecule has 0 N–H and O–H groups in total. The van der Waals surface area contributed by atoms with Crippen LogP contribution < -0.4 is 4.74 Å². The van der Waals surface area contributed by atoms with E-state index < -0.39 is 0 Å². The quantitative estimate of drug-likeness (QED) is 0.471. The Labute approximate surface area is 114 Å². The number of rotatable bonds is 4. The Hall–Kier alpha value is -2.24. The van der Waals surface area contributed by atoms with Crippen molar-refractivity contribution in [2.75, 3.05) is 13.4 Å². The Kier molecular flexibility index (Phi) is 5.04. The van der Waals surface area contributed by atoms with Crippen molar-refractivity contribution in [2.24, 2.45) is 0 Å².